The summed E-state index contributed by atoms with van der Waals surface area (Å²) in [6, 6.07) is 17.2. The quantitative estimate of drug-likeness (QED) is 0.413. The van der Waals surface area contributed by atoms with Crippen molar-refractivity contribution < 1.29 is 17.6 Å². The lowest BCUT2D eigenvalue weighted by molar-refractivity contribution is 0.102. The van der Waals surface area contributed by atoms with Gasteiger partial charge in [-0.15, -0.1) is 0 Å². The fraction of sp³-hybridized carbons (Fsp3) is 0.200. The van der Waals surface area contributed by atoms with Crippen molar-refractivity contribution in [3.8, 4) is 0 Å². The number of anilines is 2. The lowest BCUT2D eigenvalue weighted by Crippen LogP contribution is -2.40. The van der Waals surface area contributed by atoms with Gasteiger partial charge in [0.25, 0.3) is 5.91 Å². The average Bonchev–Trinajstić information content (AvgIpc) is 3.06. The summed E-state index contributed by atoms with van der Waals surface area (Å²) in [5, 5.41) is 2.81. The van der Waals surface area contributed by atoms with Gasteiger partial charge in [-0.3, -0.25) is 18.2 Å². The summed E-state index contributed by atoms with van der Waals surface area (Å²) in [6.45, 7) is -0.123. The molecule has 0 saturated carbocycles. The van der Waals surface area contributed by atoms with Crippen molar-refractivity contribution in [2.75, 3.05) is 23.7 Å². The number of hydrogen-bond donors (Lipinski definition) is 1. The molecular weight excluding hydrogens is 485 g/mol. The Morgan fingerprint density at radius 3 is 2.22 bits per heavy atom. The molecule has 9 nitrogen and oxygen atoms in total. The first kappa shape index (κ1) is 25.1. The third-order valence-corrected chi connectivity index (χ3v) is 7.74. The van der Waals surface area contributed by atoms with Crippen molar-refractivity contribution in [2.45, 2.75) is 6.54 Å². The predicted octanol–water partition coefficient (Wildman–Crippen LogP) is 3.08. The molecule has 1 N–H and O–H groups in total. The molecule has 4 rings (SSSR count). The van der Waals surface area contributed by atoms with Crippen LogP contribution in [0, 0.1) is 5.82 Å². The van der Waals surface area contributed by atoms with E-state index < -0.39 is 16.0 Å². The maximum Gasteiger partial charge on any atom is 0.328 e. The number of amides is 1. The molecule has 3 aromatic carbocycles. The van der Waals surface area contributed by atoms with Crippen LogP contribution < -0.4 is 15.3 Å². The minimum atomic E-state index is -3.98. The van der Waals surface area contributed by atoms with Crippen LogP contribution in [0.1, 0.15) is 15.9 Å². The molecule has 1 heterocycles. The van der Waals surface area contributed by atoms with E-state index >= 15 is 0 Å². The SMILES string of the molecule is CN(C)S(=O)(=O)N(Cc1ccc(C(=O)Nc2ccc3c(c2)n(C)c(=O)n3C)cc1)c1ccccc1F. The number of benzene rings is 3. The molecule has 0 aliphatic rings. The van der Waals surface area contributed by atoms with Gasteiger partial charge in [-0.2, -0.15) is 12.7 Å². The number of fused-ring (bicyclic) bond motifs is 1. The Bertz CT molecular complexity index is 1610. The van der Waals surface area contributed by atoms with E-state index in [0.717, 1.165) is 14.1 Å². The van der Waals surface area contributed by atoms with Gasteiger partial charge in [-0.1, -0.05) is 24.3 Å². The van der Waals surface area contributed by atoms with Gasteiger partial charge in [0.05, 0.1) is 23.3 Å². The topological polar surface area (TPSA) is 96.7 Å². The largest absolute Gasteiger partial charge is 0.328 e. The van der Waals surface area contributed by atoms with Crippen molar-refractivity contribution in [2.24, 2.45) is 14.1 Å². The van der Waals surface area contributed by atoms with Crippen LogP contribution in [0.3, 0.4) is 0 Å². The Labute approximate surface area is 208 Å². The van der Waals surface area contributed by atoms with Crippen LogP contribution in [0.15, 0.2) is 71.5 Å². The maximum atomic E-state index is 14.5. The number of nitrogens with one attached hydrogen (secondary N) is 1. The second-order valence-electron chi connectivity index (χ2n) is 8.50. The summed E-state index contributed by atoms with van der Waals surface area (Å²) in [6.07, 6.45) is 0. The number of aromatic nitrogens is 2. The van der Waals surface area contributed by atoms with Crippen molar-refractivity contribution in [1.82, 2.24) is 13.4 Å². The minimum Gasteiger partial charge on any atom is -0.322 e. The third-order valence-electron chi connectivity index (χ3n) is 5.93. The molecular formula is C25H26FN5O4S. The van der Waals surface area contributed by atoms with Crippen LogP contribution in [0.25, 0.3) is 11.0 Å². The normalized spacial score (nSPS) is 11.7. The van der Waals surface area contributed by atoms with Gasteiger partial charge in [-0.25, -0.2) is 9.18 Å². The Kier molecular flexibility index (Phi) is 6.70. The van der Waals surface area contributed by atoms with Crippen LogP contribution in [0.4, 0.5) is 15.8 Å². The van der Waals surface area contributed by atoms with Gasteiger partial charge in [0.15, 0.2) is 0 Å². The smallest absolute Gasteiger partial charge is 0.322 e. The molecule has 0 fully saturated rings. The number of aryl methyl sites for hydroxylation is 2. The highest BCUT2D eigenvalue weighted by Crippen LogP contribution is 2.25. The molecule has 0 aliphatic carbocycles. The molecule has 0 saturated heterocycles. The monoisotopic (exact) mass is 511 g/mol. The molecule has 0 aliphatic heterocycles. The van der Waals surface area contributed by atoms with E-state index in [2.05, 4.69) is 5.32 Å². The zero-order valence-electron chi connectivity index (χ0n) is 20.3. The molecule has 0 radical (unpaired) electrons. The Morgan fingerprint density at radius 2 is 1.58 bits per heavy atom. The van der Waals surface area contributed by atoms with E-state index in [1.54, 1.807) is 62.6 Å². The summed E-state index contributed by atoms with van der Waals surface area (Å²) in [5.41, 5.74) is 2.65. The molecule has 188 valence electrons. The number of carbonyl (C=O) groups excluding carboxylic acids is 1. The Morgan fingerprint density at radius 1 is 0.944 bits per heavy atom. The molecule has 4 aromatic rings. The molecule has 0 bridgehead atoms. The molecule has 0 spiro atoms. The number of halogens is 1. The Hall–Kier alpha value is -3.96. The van der Waals surface area contributed by atoms with E-state index in [1.807, 2.05) is 0 Å². The fourth-order valence-electron chi connectivity index (χ4n) is 3.86. The number of imidazole rings is 1. The second-order valence-corrected chi connectivity index (χ2v) is 10.6. The van der Waals surface area contributed by atoms with Gasteiger partial charge >= 0.3 is 15.9 Å². The highest BCUT2D eigenvalue weighted by Gasteiger charge is 2.27. The van der Waals surface area contributed by atoms with Gasteiger partial charge in [-0.05, 0) is 48.0 Å². The van der Waals surface area contributed by atoms with Crippen molar-refractivity contribution >= 4 is 38.5 Å². The minimum absolute atomic E-state index is 0.0706. The highest BCUT2D eigenvalue weighted by atomic mass is 32.2. The summed E-state index contributed by atoms with van der Waals surface area (Å²) in [7, 11) is 2.12. The predicted molar refractivity (Wildman–Crippen MR) is 138 cm³/mol. The zero-order valence-corrected chi connectivity index (χ0v) is 21.1. The fourth-order valence-corrected chi connectivity index (χ4v) is 4.96. The van der Waals surface area contributed by atoms with Crippen LogP contribution in [0.5, 0.6) is 0 Å². The summed E-state index contributed by atoms with van der Waals surface area (Å²) in [5.74, 6) is -1.03. The van der Waals surface area contributed by atoms with E-state index in [-0.39, 0.29) is 23.8 Å². The summed E-state index contributed by atoms with van der Waals surface area (Å²) in [4.78, 5) is 24.9. The van der Waals surface area contributed by atoms with Gasteiger partial charge in [0, 0.05) is 39.4 Å². The van der Waals surface area contributed by atoms with E-state index in [9.17, 15) is 22.4 Å². The van der Waals surface area contributed by atoms with Gasteiger partial charge < -0.3 is 5.32 Å². The summed E-state index contributed by atoms with van der Waals surface area (Å²) < 4.78 is 45.3. The van der Waals surface area contributed by atoms with Crippen molar-refractivity contribution in [3.63, 3.8) is 0 Å². The first-order valence-corrected chi connectivity index (χ1v) is 12.4. The number of hydrogen-bond acceptors (Lipinski definition) is 4. The molecule has 1 aromatic heterocycles. The number of nitrogens with zero attached hydrogens (tertiary/aromatic N) is 4. The van der Waals surface area contributed by atoms with Crippen LogP contribution >= 0.6 is 0 Å². The maximum absolute atomic E-state index is 14.5. The number of rotatable bonds is 7. The summed E-state index contributed by atoms with van der Waals surface area (Å²) >= 11 is 0. The molecule has 0 atom stereocenters. The van der Waals surface area contributed by atoms with E-state index in [1.165, 1.54) is 41.4 Å². The number of para-hydroxylation sites is 1. The van der Waals surface area contributed by atoms with E-state index in [0.29, 0.717) is 22.3 Å². The number of carbonyl (C=O) groups is 1. The first-order valence-electron chi connectivity index (χ1n) is 11.0. The van der Waals surface area contributed by atoms with Gasteiger partial charge in [0.1, 0.15) is 5.82 Å². The Balaban J connectivity index is 1.56. The standard InChI is InChI=1S/C25H26FN5O4S/c1-28(2)36(34,35)31(21-8-6-5-7-20(21)26)16-17-9-11-18(12-10-17)24(32)27-19-13-14-22-23(15-19)30(4)25(33)29(22)3/h5-15H,16H2,1-4H3,(H,27,32). The molecule has 1 amide bonds. The van der Waals surface area contributed by atoms with Crippen LogP contribution in [-0.2, 0) is 30.8 Å². The zero-order chi connectivity index (χ0) is 26.2. The molecule has 11 heteroatoms. The van der Waals surface area contributed by atoms with Gasteiger partial charge in [0.2, 0.25) is 0 Å². The molecule has 36 heavy (non-hydrogen) atoms. The highest BCUT2D eigenvalue weighted by molar-refractivity contribution is 7.90. The molecule has 0 unspecified atom stereocenters. The second kappa shape index (κ2) is 9.59. The van der Waals surface area contributed by atoms with Crippen LogP contribution in [0.2, 0.25) is 0 Å². The third kappa shape index (κ3) is 4.62. The van der Waals surface area contributed by atoms with Crippen molar-refractivity contribution in [1.29, 1.82) is 0 Å². The first-order chi connectivity index (χ1) is 17.0. The van der Waals surface area contributed by atoms with Crippen LogP contribution in [-0.4, -0.2) is 41.9 Å². The lowest BCUT2D eigenvalue weighted by Gasteiger charge is -2.27. The lowest BCUT2D eigenvalue weighted by atomic mass is 10.1. The van der Waals surface area contributed by atoms with E-state index in [4.69, 9.17) is 0 Å². The van der Waals surface area contributed by atoms with Crippen molar-refractivity contribution in [3.05, 3.63) is 94.2 Å². The average molecular weight is 512 g/mol.